The zero-order valence-corrected chi connectivity index (χ0v) is 16.3. The smallest absolute Gasteiger partial charge is 0.257 e. The van der Waals surface area contributed by atoms with Crippen LogP contribution in [0, 0.1) is 12.8 Å². The van der Waals surface area contributed by atoms with E-state index in [4.69, 9.17) is 9.84 Å². The van der Waals surface area contributed by atoms with Gasteiger partial charge in [-0.05, 0) is 62.8 Å². The Bertz CT molecular complexity index is 756. The van der Waals surface area contributed by atoms with Crippen molar-refractivity contribution in [3.63, 3.8) is 0 Å². The molecule has 26 heavy (non-hydrogen) atoms. The zero-order chi connectivity index (χ0) is 18.7. The summed E-state index contributed by atoms with van der Waals surface area (Å²) in [5.41, 5.74) is 3.56. The van der Waals surface area contributed by atoms with E-state index in [0.29, 0.717) is 5.92 Å². The third kappa shape index (κ3) is 3.76. The maximum atomic E-state index is 13.2. The van der Waals surface area contributed by atoms with Crippen LogP contribution < -0.4 is 4.74 Å². The van der Waals surface area contributed by atoms with E-state index in [9.17, 15) is 4.79 Å². The molecule has 1 aliphatic heterocycles. The van der Waals surface area contributed by atoms with Gasteiger partial charge in [0.05, 0.1) is 29.7 Å². The predicted octanol–water partition coefficient (Wildman–Crippen LogP) is 4.01. The van der Waals surface area contributed by atoms with E-state index in [2.05, 4.69) is 13.8 Å². The van der Waals surface area contributed by atoms with E-state index in [1.165, 1.54) is 6.42 Å². The summed E-state index contributed by atoms with van der Waals surface area (Å²) in [6.45, 7) is 8.03. The lowest BCUT2D eigenvalue weighted by Crippen LogP contribution is -2.36. The number of nitrogens with zero attached hydrogens (tertiary/aromatic N) is 3. The van der Waals surface area contributed by atoms with Gasteiger partial charge >= 0.3 is 0 Å². The summed E-state index contributed by atoms with van der Waals surface area (Å²) in [5, 5.41) is 4.82. The SMILES string of the molecule is COc1ccc(-n2nc(CC(C)C)c(C(=O)N3CCCCC3)c2C)cc1. The second-order valence-corrected chi connectivity index (χ2v) is 7.47. The summed E-state index contributed by atoms with van der Waals surface area (Å²) in [6, 6.07) is 7.80. The van der Waals surface area contributed by atoms with Gasteiger partial charge in [0.15, 0.2) is 0 Å². The number of carbonyl (C=O) groups is 1. The summed E-state index contributed by atoms with van der Waals surface area (Å²) >= 11 is 0. The Balaban J connectivity index is 2.00. The van der Waals surface area contributed by atoms with Crippen LogP contribution in [0.5, 0.6) is 5.75 Å². The molecule has 0 spiro atoms. The Labute approximate surface area is 156 Å². The van der Waals surface area contributed by atoms with Crippen LogP contribution in [-0.4, -0.2) is 40.8 Å². The van der Waals surface area contributed by atoms with Crippen molar-refractivity contribution < 1.29 is 9.53 Å². The maximum Gasteiger partial charge on any atom is 0.257 e. The summed E-state index contributed by atoms with van der Waals surface area (Å²) in [4.78, 5) is 15.2. The third-order valence-electron chi connectivity index (χ3n) is 4.96. The molecule has 5 nitrogen and oxygen atoms in total. The lowest BCUT2D eigenvalue weighted by atomic mass is 10.0. The van der Waals surface area contributed by atoms with Crippen molar-refractivity contribution in [1.82, 2.24) is 14.7 Å². The van der Waals surface area contributed by atoms with Gasteiger partial charge in [-0.15, -0.1) is 0 Å². The molecule has 2 aromatic rings. The van der Waals surface area contributed by atoms with Gasteiger partial charge in [-0.25, -0.2) is 4.68 Å². The number of methoxy groups -OCH3 is 1. The van der Waals surface area contributed by atoms with Crippen LogP contribution in [0.15, 0.2) is 24.3 Å². The van der Waals surface area contributed by atoms with Crippen LogP contribution in [0.25, 0.3) is 5.69 Å². The highest BCUT2D eigenvalue weighted by Gasteiger charge is 2.27. The summed E-state index contributed by atoms with van der Waals surface area (Å²) < 4.78 is 7.14. The van der Waals surface area contributed by atoms with E-state index >= 15 is 0 Å². The van der Waals surface area contributed by atoms with Gasteiger partial charge in [-0.2, -0.15) is 5.10 Å². The highest BCUT2D eigenvalue weighted by Crippen LogP contribution is 2.25. The van der Waals surface area contributed by atoms with E-state index in [1.807, 2.05) is 40.8 Å². The third-order valence-corrected chi connectivity index (χ3v) is 4.96. The number of aromatic nitrogens is 2. The first-order valence-electron chi connectivity index (χ1n) is 9.53. The number of rotatable bonds is 5. The molecule has 1 aliphatic rings. The zero-order valence-electron chi connectivity index (χ0n) is 16.3. The number of hydrogen-bond donors (Lipinski definition) is 0. The van der Waals surface area contributed by atoms with Crippen molar-refractivity contribution in [2.24, 2.45) is 5.92 Å². The first-order chi connectivity index (χ1) is 12.5. The standard InChI is InChI=1S/C21H29N3O2/c1-15(2)14-19-20(21(25)23-12-6-5-7-13-23)16(3)24(22-19)17-8-10-18(26-4)11-9-17/h8-11,15H,5-7,12-14H2,1-4H3. The van der Waals surface area contributed by atoms with Crippen LogP contribution in [0.1, 0.15) is 54.9 Å². The lowest BCUT2D eigenvalue weighted by molar-refractivity contribution is 0.0722. The molecule has 0 radical (unpaired) electrons. The molecule has 0 aliphatic carbocycles. The van der Waals surface area contributed by atoms with Crippen molar-refractivity contribution >= 4 is 5.91 Å². The molecule has 1 aromatic heterocycles. The summed E-state index contributed by atoms with van der Waals surface area (Å²) in [5.74, 6) is 1.39. The molecular weight excluding hydrogens is 326 g/mol. The normalized spacial score (nSPS) is 14.7. The average Bonchev–Trinajstić information content (AvgIpc) is 2.97. The number of carbonyl (C=O) groups excluding carboxylic acids is 1. The molecule has 0 saturated carbocycles. The number of piperidine rings is 1. The quantitative estimate of drug-likeness (QED) is 0.814. The van der Waals surface area contributed by atoms with E-state index in [-0.39, 0.29) is 5.91 Å². The van der Waals surface area contributed by atoms with Crippen molar-refractivity contribution in [3.8, 4) is 11.4 Å². The first kappa shape index (κ1) is 18.5. The minimum absolute atomic E-state index is 0.137. The van der Waals surface area contributed by atoms with Crippen LogP contribution in [0.4, 0.5) is 0 Å². The fraction of sp³-hybridized carbons (Fsp3) is 0.524. The Kier molecular flexibility index (Phi) is 5.64. The molecule has 5 heteroatoms. The van der Waals surface area contributed by atoms with Gasteiger partial charge in [0.1, 0.15) is 5.75 Å². The van der Waals surface area contributed by atoms with Gasteiger partial charge in [-0.3, -0.25) is 4.79 Å². The minimum atomic E-state index is 0.137. The number of hydrogen-bond acceptors (Lipinski definition) is 3. The Morgan fingerprint density at radius 3 is 2.38 bits per heavy atom. The van der Waals surface area contributed by atoms with Crippen molar-refractivity contribution in [1.29, 1.82) is 0 Å². The van der Waals surface area contributed by atoms with Crippen LogP contribution in [0.2, 0.25) is 0 Å². The van der Waals surface area contributed by atoms with E-state index in [1.54, 1.807) is 7.11 Å². The van der Waals surface area contributed by atoms with Gasteiger partial charge in [0.2, 0.25) is 0 Å². The molecule has 0 N–H and O–H groups in total. The molecule has 2 heterocycles. The fourth-order valence-corrected chi connectivity index (χ4v) is 3.60. The molecule has 0 unspecified atom stereocenters. The molecule has 3 rings (SSSR count). The Hall–Kier alpha value is -2.30. The molecule has 1 aromatic carbocycles. The van der Waals surface area contributed by atoms with Gasteiger partial charge in [0.25, 0.3) is 5.91 Å². The van der Waals surface area contributed by atoms with E-state index < -0.39 is 0 Å². The number of amides is 1. The second kappa shape index (κ2) is 7.94. The largest absolute Gasteiger partial charge is 0.497 e. The molecule has 0 atom stereocenters. The van der Waals surface area contributed by atoms with Crippen LogP contribution in [-0.2, 0) is 6.42 Å². The summed E-state index contributed by atoms with van der Waals surface area (Å²) in [7, 11) is 1.66. The average molecular weight is 355 g/mol. The molecule has 1 amide bonds. The van der Waals surface area contributed by atoms with Gasteiger partial charge < -0.3 is 9.64 Å². The Morgan fingerprint density at radius 1 is 1.15 bits per heavy atom. The lowest BCUT2D eigenvalue weighted by Gasteiger charge is -2.27. The second-order valence-electron chi connectivity index (χ2n) is 7.47. The monoisotopic (exact) mass is 355 g/mol. The summed E-state index contributed by atoms with van der Waals surface area (Å²) in [6.07, 6.45) is 4.21. The fourth-order valence-electron chi connectivity index (χ4n) is 3.60. The van der Waals surface area contributed by atoms with E-state index in [0.717, 1.165) is 60.7 Å². The molecular formula is C21H29N3O2. The number of benzene rings is 1. The maximum absolute atomic E-state index is 13.2. The highest BCUT2D eigenvalue weighted by atomic mass is 16.5. The highest BCUT2D eigenvalue weighted by molar-refractivity contribution is 5.96. The van der Waals surface area contributed by atoms with Crippen molar-refractivity contribution in [2.45, 2.75) is 46.5 Å². The van der Waals surface area contributed by atoms with Crippen LogP contribution >= 0.6 is 0 Å². The van der Waals surface area contributed by atoms with Crippen molar-refractivity contribution in [3.05, 3.63) is 41.2 Å². The minimum Gasteiger partial charge on any atom is -0.497 e. The molecule has 0 bridgehead atoms. The number of likely N-dealkylation sites (tertiary alicyclic amines) is 1. The number of ether oxygens (including phenoxy) is 1. The topological polar surface area (TPSA) is 47.4 Å². The van der Waals surface area contributed by atoms with Gasteiger partial charge in [0, 0.05) is 13.1 Å². The van der Waals surface area contributed by atoms with Gasteiger partial charge in [-0.1, -0.05) is 13.8 Å². The molecule has 140 valence electrons. The Morgan fingerprint density at radius 2 is 1.81 bits per heavy atom. The predicted molar refractivity (Wildman–Crippen MR) is 103 cm³/mol. The molecule has 1 fully saturated rings. The molecule has 1 saturated heterocycles. The van der Waals surface area contributed by atoms with Crippen molar-refractivity contribution in [2.75, 3.05) is 20.2 Å². The first-order valence-corrected chi connectivity index (χ1v) is 9.53. The van der Waals surface area contributed by atoms with Crippen LogP contribution in [0.3, 0.4) is 0 Å².